The monoisotopic (exact) mass is 403 g/mol. The Hall–Kier alpha value is -2.61. The number of piperidine rings is 1. The van der Waals surface area contributed by atoms with E-state index >= 15 is 0 Å². The predicted octanol–water partition coefficient (Wildman–Crippen LogP) is 2.07. The van der Waals surface area contributed by atoms with Crippen molar-refractivity contribution in [2.45, 2.75) is 51.9 Å². The number of nitrogens with zero attached hydrogens (tertiary/aromatic N) is 2. The van der Waals surface area contributed by atoms with Gasteiger partial charge in [0.15, 0.2) is 0 Å². The van der Waals surface area contributed by atoms with Crippen molar-refractivity contribution in [3.63, 3.8) is 0 Å². The molecular weight excluding hydrogens is 374 g/mol. The molecule has 0 saturated carbocycles. The number of hydrogen-bond acceptors (Lipinski definition) is 6. The molecule has 0 radical (unpaired) electrons. The second-order valence-corrected chi connectivity index (χ2v) is 8.37. The van der Waals surface area contributed by atoms with Crippen molar-refractivity contribution in [3.8, 4) is 0 Å². The normalized spacial score (nSPS) is 20.4. The molecule has 8 heteroatoms. The fraction of sp³-hybridized carbons (Fsp3) is 0.571. The van der Waals surface area contributed by atoms with Gasteiger partial charge in [0.25, 0.3) is 5.91 Å². The van der Waals surface area contributed by atoms with E-state index in [1.807, 2.05) is 45.0 Å². The van der Waals surface area contributed by atoms with E-state index in [2.05, 4.69) is 10.2 Å². The molecule has 2 heterocycles. The van der Waals surface area contributed by atoms with Crippen molar-refractivity contribution in [3.05, 3.63) is 29.8 Å². The summed E-state index contributed by atoms with van der Waals surface area (Å²) in [7, 11) is 0. The van der Waals surface area contributed by atoms with E-state index < -0.39 is 11.7 Å². The Morgan fingerprint density at radius 1 is 1.10 bits per heavy atom. The zero-order valence-corrected chi connectivity index (χ0v) is 17.3. The molecule has 8 nitrogen and oxygen atoms in total. The smallest absolute Gasteiger partial charge is 0.410 e. The molecule has 1 aromatic rings. The molecule has 0 bridgehead atoms. The average Bonchev–Trinajstić information content (AvgIpc) is 2.66. The van der Waals surface area contributed by atoms with Crippen molar-refractivity contribution in [1.29, 1.82) is 0 Å². The Balaban J connectivity index is 1.46. The summed E-state index contributed by atoms with van der Waals surface area (Å²) in [5.41, 5.74) is 1.56. The first-order valence-electron chi connectivity index (χ1n) is 9.98. The molecule has 0 unspecified atom stereocenters. The van der Waals surface area contributed by atoms with E-state index in [1.165, 1.54) is 0 Å². The van der Waals surface area contributed by atoms with Crippen molar-refractivity contribution in [2.24, 2.45) is 0 Å². The lowest BCUT2D eigenvalue weighted by atomic mass is 10.1. The highest BCUT2D eigenvalue weighted by Crippen LogP contribution is 2.20. The van der Waals surface area contributed by atoms with Crippen LogP contribution in [-0.2, 0) is 25.7 Å². The lowest BCUT2D eigenvalue weighted by Crippen LogP contribution is -2.50. The largest absolute Gasteiger partial charge is 0.444 e. The summed E-state index contributed by atoms with van der Waals surface area (Å²) >= 11 is 0. The first kappa shape index (κ1) is 21.1. The number of nitrogens with one attached hydrogen (secondary N) is 1. The highest BCUT2D eigenvalue weighted by molar-refractivity contribution is 5.99. The van der Waals surface area contributed by atoms with E-state index in [1.54, 1.807) is 4.90 Å². The van der Waals surface area contributed by atoms with E-state index in [-0.39, 0.29) is 17.9 Å². The van der Waals surface area contributed by atoms with Crippen molar-refractivity contribution >= 4 is 23.6 Å². The van der Waals surface area contributed by atoms with E-state index in [0.717, 1.165) is 24.3 Å². The van der Waals surface area contributed by atoms with Crippen LogP contribution in [0.15, 0.2) is 24.3 Å². The maximum Gasteiger partial charge on any atom is 0.410 e. The molecular formula is C21H29N3O5. The van der Waals surface area contributed by atoms with Gasteiger partial charge >= 0.3 is 6.09 Å². The standard InChI is InChI=1S/C21H29N3O5/c1-21(2,3)29-20(27)24-12-10-23(11-13-24)16-6-4-15(5-7-16)14-28-17-8-9-18(25)22-19(17)26/h4-7,17H,8-14H2,1-3H3,(H,22,25,26)/t17-/m0/s1. The third-order valence-corrected chi connectivity index (χ3v) is 4.87. The van der Waals surface area contributed by atoms with E-state index in [9.17, 15) is 14.4 Å². The number of anilines is 1. The third kappa shape index (κ3) is 5.93. The van der Waals surface area contributed by atoms with Gasteiger partial charge in [-0.3, -0.25) is 14.9 Å². The maximum atomic E-state index is 12.2. The second-order valence-electron chi connectivity index (χ2n) is 8.37. The lowest BCUT2D eigenvalue weighted by Gasteiger charge is -2.36. The molecule has 0 aromatic heterocycles. The summed E-state index contributed by atoms with van der Waals surface area (Å²) in [6, 6.07) is 7.99. The molecule has 1 aromatic carbocycles. The molecule has 2 aliphatic rings. The van der Waals surface area contributed by atoms with Gasteiger partial charge in [-0.25, -0.2) is 4.79 Å². The number of carbonyl (C=O) groups is 3. The Morgan fingerprint density at radius 3 is 2.34 bits per heavy atom. The van der Waals surface area contributed by atoms with Crippen LogP contribution in [0.3, 0.4) is 0 Å². The molecule has 3 amide bonds. The quantitative estimate of drug-likeness (QED) is 0.775. The number of imide groups is 1. The number of ether oxygens (including phenoxy) is 2. The van der Waals surface area contributed by atoms with Gasteiger partial charge in [-0.15, -0.1) is 0 Å². The minimum atomic E-state index is -0.576. The number of hydrogen-bond donors (Lipinski definition) is 1. The van der Waals surface area contributed by atoms with Crippen LogP contribution in [0.4, 0.5) is 10.5 Å². The van der Waals surface area contributed by atoms with Gasteiger partial charge in [-0.1, -0.05) is 12.1 Å². The summed E-state index contributed by atoms with van der Waals surface area (Å²) in [4.78, 5) is 39.1. The van der Waals surface area contributed by atoms with Gasteiger partial charge in [-0.05, 0) is 44.9 Å². The Kier molecular flexibility index (Phi) is 6.42. The SMILES string of the molecule is CC(C)(C)OC(=O)N1CCN(c2ccc(CO[C@H]3CCC(=O)NC3=O)cc2)CC1. The molecule has 0 aliphatic carbocycles. The van der Waals surface area contributed by atoms with E-state index in [0.29, 0.717) is 32.5 Å². The van der Waals surface area contributed by atoms with Crippen LogP contribution in [-0.4, -0.2) is 60.7 Å². The van der Waals surface area contributed by atoms with Crippen LogP contribution in [0, 0.1) is 0 Å². The third-order valence-electron chi connectivity index (χ3n) is 4.87. The van der Waals surface area contributed by atoms with Crippen LogP contribution >= 0.6 is 0 Å². The van der Waals surface area contributed by atoms with Gasteiger partial charge < -0.3 is 19.3 Å². The van der Waals surface area contributed by atoms with Gasteiger partial charge in [0.1, 0.15) is 11.7 Å². The Labute approximate surface area is 171 Å². The van der Waals surface area contributed by atoms with Crippen molar-refractivity contribution < 1.29 is 23.9 Å². The van der Waals surface area contributed by atoms with Gasteiger partial charge in [0.2, 0.25) is 5.91 Å². The van der Waals surface area contributed by atoms with Crippen LogP contribution < -0.4 is 10.2 Å². The van der Waals surface area contributed by atoms with Crippen molar-refractivity contribution in [1.82, 2.24) is 10.2 Å². The highest BCUT2D eigenvalue weighted by Gasteiger charge is 2.27. The molecule has 2 fully saturated rings. The molecule has 2 aliphatic heterocycles. The van der Waals surface area contributed by atoms with Gasteiger partial charge in [0.05, 0.1) is 6.61 Å². The first-order chi connectivity index (χ1) is 13.7. The first-order valence-corrected chi connectivity index (χ1v) is 9.98. The molecule has 2 saturated heterocycles. The van der Waals surface area contributed by atoms with Crippen molar-refractivity contribution in [2.75, 3.05) is 31.1 Å². The predicted molar refractivity (Wildman–Crippen MR) is 107 cm³/mol. The Bertz CT molecular complexity index is 749. The molecule has 1 atom stereocenters. The van der Waals surface area contributed by atoms with Gasteiger partial charge in [-0.2, -0.15) is 0 Å². The molecule has 29 heavy (non-hydrogen) atoms. The van der Waals surface area contributed by atoms with E-state index in [4.69, 9.17) is 9.47 Å². The fourth-order valence-corrected chi connectivity index (χ4v) is 3.31. The lowest BCUT2D eigenvalue weighted by molar-refractivity contribution is -0.143. The summed E-state index contributed by atoms with van der Waals surface area (Å²) in [6.45, 7) is 8.64. The van der Waals surface area contributed by atoms with Gasteiger partial charge in [0, 0.05) is 38.3 Å². The molecule has 0 spiro atoms. The minimum absolute atomic E-state index is 0.244. The Morgan fingerprint density at radius 2 is 1.76 bits per heavy atom. The zero-order chi connectivity index (χ0) is 21.0. The summed E-state index contributed by atoms with van der Waals surface area (Å²) < 4.78 is 11.1. The maximum absolute atomic E-state index is 12.2. The number of amides is 3. The summed E-state index contributed by atoms with van der Waals surface area (Å²) in [5, 5.41) is 2.30. The second kappa shape index (κ2) is 8.82. The minimum Gasteiger partial charge on any atom is -0.444 e. The number of rotatable bonds is 4. The summed E-state index contributed by atoms with van der Waals surface area (Å²) in [6.07, 6.45) is -0.110. The fourth-order valence-electron chi connectivity index (χ4n) is 3.31. The van der Waals surface area contributed by atoms with Crippen LogP contribution in [0.25, 0.3) is 0 Å². The number of benzene rings is 1. The molecule has 3 rings (SSSR count). The summed E-state index contributed by atoms with van der Waals surface area (Å²) in [5.74, 6) is -0.605. The van der Waals surface area contributed by atoms with Crippen LogP contribution in [0.5, 0.6) is 0 Å². The van der Waals surface area contributed by atoms with Crippen LogP contribution in [0.2, 0.25) is 0 Å². The highest BCUT2D eigenvalue weighted by atomic mass is 16.6. The average molecular weight is 403 g/mol. The molecule has 158 valence electrons. The topological polar surface area (TPSA) is 88.2 Å². The zero-order valence-electron chi connectivity index (χ0n) is 17.3. The van der Waals surface area contributed by atoms with Crippen LogP contribution in [0.1, 0.15) is 39.2 Å². The number of carbonyl (C=O) groups excluding carboxylic acids is 3. The molecule has 1 N–H and O–H groups in total. The number of piperazine rings is 1.